The molecule has 1 aromatic heterocycles. The first kappa shape index (κ1) is 18.8. The number of hydrogen-bond donors (Lipinski definition) is 2. The Morgan fingerprint density at radius 3 is 2.39 bits per heavy atom. The van der Waals surface area contributed by atoms with Gasteiger partial charge in [-0.15, -0.1) is 0 Å². The van der Waals surface area contributed by atoms with Crippen molar-refractivity contribution in [2.45, 2.75) is 6.61 Å². The van der Waals surface area contributed by atoms with Crippen molar-refractivity contribution in [2.24, 2.45) is 5.73 Å². The van der Waals surface area contributed by atoms with Gasteiger partial charge in [0.2, 0.25) is 11.8 Å². The number of primary amides is 1. The molecule has 0 fully saturated rings. The molecule has 0 saturated carbocycles. The Bertz CT molecular complexity index is 966. The van der Waals surface area contributed by atoms with Crippen LogP contribution >= 0.6 is 0 Å². The predicted octanol–water partition coefficient (Wildman–Crippen LogP) is 3.41. The number of amides is 2. The Kier molecular flexibility index (Phi) is 6.15. The van der Waals surface area contributed by atoms with Crippen molar-refractivity contribution in [3.8, 4) is 5.75 Å². The third kappa shape index (κ3) is 5.54. The van der Waals surface area contributed by atoms with E-state index >= 15 is 0 Å². The second-order valence-electron chi connectivity index (χ2n) is 5.94. The topological polar surface area (TPSA) is 94.3 Å². The maximum atomic E-state index is 12.0. The van der Waals surface area contributed by atoms with Crippen LogP contribution in [0.3, 0.4) is 0 Å². The first-order valence-corrected chi connectivity index (χ1v) is 8.62. The summed E-state index contributed by atoms with van der Waals surface area (Å²) in [6, 6.07) is 19.4. The zero-order valence-electron chi connectivity index (χ0n) is 15.0. The average Bonchev–Trinajstić information content (AvgIpc) is 2.72. The van der Waals surface area contributed by atoms with Crippen LogP contribution in [0.2, 0.25) is 0 Å². The van der Waals surface area contributed by atoms with Gasteiger partial charge in [-0.1, -0.05) is 18.2 Å². The third-order valence-electron chi connectivity index (χ3n) is 3.86. The molecule has 140 valence electrons. The molecule has 28 heavy (non-hydrogen) atoms. The summed E-state index contributed by atoms with van der Waals surface area (Å²) in [6.07, 6.45) is 4.87. The second-order valence-corrected chi connectivity index (χ2v) is 5.94. The molecule has 0 radical (unpaired) electrons. The quantitative estimate of drug-likeness (QED) is 0.621. The molecule has 0 unspecified atom stereocenters. The van der Waals surface area contributed by atoms with Gasteiger partial charge in [-0.05, 0) is 60.2 Å². The molecule has 2 aromatic carbocycles. The first-order valence-electron chi connectivity index (χ1n) is 8.62. The number of rotatable bonds is 7. The van der Waals surface area contributed by atoms with Gasteiger partial charge in [0, 0.05) is 23.5 Å². The Balaban J connectivity index is 1.52. The highest BCUT2D eigenvalue weighted by Crippen LogP contribution is 2.15. The minimum Gasteiger partial charge on any atom is -0.487 e. The summed E-state index contributed by atoms with van der Waals surface area (Å²) in [5, 5.41) is 2.72. The maximum Gasteiger partial charge on any atom is 0.248 e. The molecular weight excluding hydrogens is 354 g/mol. The standard InChI is InChI=1S/C22H19N3O3/c23-22(27)17-7-9-18(10-8-17)25-21(26)13-6-16-4-11-20(12-5-16)28-15-19-3-1-2-14-24-19/h1-14H,15H2,(H2,23,27)(H,25,26)/b13-6+. The minimum absolute atomic E-state index is 0.276. The molecule has 1 heterocycles. The fourth-order valence-corrected chi connectivity index (χ4v) is 2.39. The van der Waals surface area contributed by atoms with Crippen molar-refractivity contribution in [3.63, 3.8) is 0 Å². The monoisotopic (exact) mass is 373 g/mol. The van der Waals surface area contributed by atoms with E-state index in [0.29, 0.717) is 17.9 Å². The number of hydrogen-bond acceptors (Lipinski definition) is 4. The smallest absolute Gasteiger partial charge is 0.248 e. The third-order valence-corrected chi connectivity index (χ3v) is 3.86. The summed E-state index contributed by atoms with van der Waals surface area (Å²) < 4.78 is 5.68. The summed E-state index contributed by atoms with van der Waals surface area (Å²) in [4.78, 5) is 27.3. The first-order chi connectivity index (χ1) is 13.6. The van der Waals surface area contributed by atoms with Crippen molar-refractivity contribution in [1.29, 1.82) is 0 Å². The molecule has 0 spiro atoms. The number of benzene rings is 2. The number of anilines is 1. The van der Waals surface area contributed by atoms with Crippen LogP contribution < -0.4 is 15.8 Å². The Labute approximate surface area is 162 Å². The molecule has 0 bridgehead atoms. The van der Waals surface area contributed by atoms with Gasteiger partial charge in [0.15, 0.2) is 0 Å². The Morgan fingerprint density at radius 1 is 1.00 bits per heavy atom. The lowest BCUT2D eigenvalue weighted by Gasteiger charge is -2.06. The highest BCUT2D eigenvalue weighted by Gasteiger charge is 2.02. The molecule has 3 rings (SSSR count). The van der Waals surface area contributed by atoms with E-state index in [1.54, 1.807) is 36.5 Å². The van der Waals surface area contributed by atoms with Crippen LogP contribution in [0.1, 0.15) is 21.6 Å². The fourth-order valence-electron chi connectivity index (χ4n) is 2.39. The van der Waals surface area contributed by atoms with Gasteiger partial charge in [0.05, 0.1) is 5.69 Å². The van der Waals surface area contributed by atoms with Gasteiger partial charge in [0.1, 0.15) is 12.4 Å². The molecular formula is C22H19N3O3. The number of carbonyl (C=O) groups excluding carboxylic acids is 2. The normalized spacial score (nSPS) is 10.6. The highest BCUT2D eigenvalue weighted by atomic mass is 16.5. The van der Waals surface area contributed by atoms with Crippen LogP contribution in [0.25, 0.3) is 6.08 Å². The van der Waals surface area contributed by atoms with Crippen LogP contribution in [0, 0.1) is 0 Å². The number of ether oxygens (including phenoxy) is 1. The molecule has 3 aromatic rings. The summed E-state index contributed by atoms with van der Waals surface area (Å²) in [5.41, 5.74) is 7.88. The van der Waals surface area contributed by atoms with E-state index in [2.05, 4.69) is 10.3 Å². The molecule has 2 amide bonds. The summed E-state index contributed by atoms with van der Waals surface area (Å²) in [6.45, 7) is 0.396. The average molecular weight is 373 g/mol. The van der Waals surface area contributed by atoms with E-state index < -0.39 is 5.91 Å². The number of aromatic nitrogens is 1. The van der Waals surface area contributed by atoms with Crippen molar-refractivity contribution in [2.75, 3.05) is 5.32 Å². The Hall–Kier alpha value is -3.93. The zero-order valence-corrected chi connectivity index (χ0v) is 15.0. The number of nitrogens with zero attached hydrogens (tertiary/aromatic N) is 1. The van der Waals surface area contributed by atoms with E-state index in [9.17, 15) is 9.59 Å². The van der Waals surface area contributed by atoms with Gasteiger partial charge < -0.3 is 15.8 Å². The summed E-state index contributed by atoms with van der Waals surface area (Å²) in [7, 11) is 0. The number of pyridine rings is 1. The second kappa shape index (κ2) is 9.14. The molecule has 6 nitrogen and oxygen atoms in total. The van der Waals surface area contributed by atoms with Gasteiger partial charge in [-0.2, -0.15) is 0 Å². The molecule has 0 saturated heterocycles. The zero-order chi connectivity index (χ0) is 19.8. The van der Waals surface area contributed by atoms with Crippen molar-refractivity contribution in [3.05, 3.63) is 95.8 Å². The van der Waals surface area contributed by atoms with Crippen LogP contribution in [0.15, 0.2) is 79.0 Å². The summed E-state index contributed by atoms with van der Waals surface area (Å²) in [5.74, 6) is -0.0608. The summed E-state index contributed by atoms with van der Waals surface area (Å²) >= 11 is 0. The van der Waals surface area contributed by atoms with Gasteiger partial charge in [-0.3, -0.25) is 14.6 Å². The SMILES string of the molecule is NC(=O)c1ccc(NC(=O)/C=C/c2ccc(OCc3ccccn3)cc2)cc1. The van der Waals surface area contributed by atoms with Crippen LogP contribution in [0.4, 0.5) is 5.69 Å². The molecule has 6 heteroatoms. The van der Waals surface area contributed by atoms with Gasteiger partial charge in [-0.25, -0.2) is 0 Å². The number of nitrogens with two attached hydrogens (primary N) is 1. The molecule has 0 atom stereocenters. The fraction of sp³-hybridized carbons (Fsp3) is 0.0455. The lowest BCUT2D eigenvalue weighted by molar-refractivity contribution is -0.111. The molecule has 0 aliphatic rings. The van der Waals surface area contributed by atoms with E-state index in [1.165, 1.54) is 6.08 Å². The maximum absolute atomic E-state index is 12.0. The van der Waals surface area contributed by atoms with Crippen molar-refractivity contribution < 1.29 is 14.3 Å². The van der Waals surface area contributed by atoms with Crippen LogP contribution in [0.5, 0.6) is 5.75 Å². The highest BCUT2D eigenvalue weighted by molar-refractivity contribution is 6.02. The largest absolute Gasteiger partial charge is 0.487 e. The number of carbonyl (C=O) groups is 2. The molecule has 3 N–H and O–H groups in total. The van der Waals surface area contributed by atoms with Gasteiger partial charge >= 0.3 is 0 Å². The van der Waals surface area contributed by atoms with Crippen molar-refractivity contribution >= 4 is 23.6 Å². The lowest BCUT2D eigenvalue weighted by Crippen LogP contribution is -2.11. The molecule has 0 aliphatic heterocycles. The Morgan fingerprint density at radius 2 is 1.75 bits per heavy atom. The van der Waals surface area contributed by atoms with E-state index in [-0.39, 0.29) is 5.91 Å². The predicted molar refractivity (Wildman–Crippen MR) is 108 cm³/mol. The minimum atomic E-state index is -0.509. The van der Waals surface area contributed by atoms with Crippen LogP contribution in [-0.4, -0.2) is 16.8 Å². The van der Waals surface area contributed by atoms with Gasteiger partial charge in [0.25, 0.3) is 0 Å². The number of nitrogens with one attached hydrogen (secondary N) is 1. The van der Waals surface area contributed by atoms with E-state index in [0.717, 1.165) is 17.0 Å². The van der Waals surface area contributed by atoms with E-state index in [1.807, 2.05) is 42.5 Å². The van der Waals surface area contributed by atoms with Crippen LogP contribution in [-0.2, 0) is 11.4 Å². The molecule has 0 aliphatic carbocycles. The van der Waals surface area contributed by atoms with E-state index in [4.69, 9.17) is 10.5 Å². The van der Waals surface area contributed by atoms with Crippen molar-refractivity contribution in [1.82, 2.24) is 4.98 Å². The lowest BCUT2D eigenvalue weighted by atomic mass is 10.2.